The van der Waals surface area contributed by atoms with Crippen LogP contribution in [-0.2, 0) is 22.6 Å². The highest BCUT2D eigenvalue weighted by molar-refractivity contribution is 7.99. The third kappa shape index (κ3) is 4.00. The first kappa shape index (κ1) is 19.1. The van der Waals surface area contributed by atoms with Gasteiger partial charge in [-0.15, -0.1) is 5.10 Å². The van der Waals surface area contributed by atoms with Gasteiger partial charge in [0.1, 0.15) is 0 Å². The molecule has 0 aliphatic carbocycles. The Bertz CT molecular complexity index is 1050. The van der Waals surface area contributed by atoms with Gasteiger partial charge in [-0.3, -0.25) is 4.79 Å². The van der Waals surface area contributed by atoms with Gasteiger partial charge in [0.15, 0.2) is 0 Å². The highest BCUT2D eigenvalue weighted by Gasteiger charge is 2.30. The fourth-order valence-corrected chi connectivity index (χ4v) is 4.10. The summed E-state index contributed by atoms with van der Waals surface area (Å²) in [4.78, 5) is 25.8. The summed E-state index contributed by atoms with van der Waals surface area (Å²) in [7, 11) is 0. The number of hydrogen-bond donors (Lipinski definition) is 0. The smallest absolute Gasteiger partial charge is 0.233 e. The first-order chi connectivity index (χ1) is 14.0. The highest BCUT2D eigenvalue weighted by Crippen LogP contribution is 2.25. The zero-order chi connectivity index (χ0) is 20.4. The van der Waals surface area contributed by atoms with Crippen molar-refractivity contribution in [1.82, 2.24) is 25.1 Å². The van der Waals surface area contributed by atoms with E-state index in [0.717, 1.165) is 22.4 Å². The Labute approximate surface area is 171 Å². The number of aromatic nitrogens is 4. The lowest BCUT2D eigenvalue weighted by Crippen LogP contribution is -2.54. The van der Waals surface area contributed by atoms with Crippen molar-refractivity contribution in [3.63, 3.8) is 0 Å². The molecule has 0 saturated heterocycles. The number of benzene rings is 2. The van der Waals surface area contributed by atoms with E-state index in [1.54, 1.807) is 4.68 Å². The largest absolute Gasteiger partial charge is 0.548 e. The number of rotatable bonds is 5. The Hall–Kier alpha value is -3.20. The summed E-state index contributed by atoms with van der Waals surface area (Å²) in [6, 6.07) is 14.2. The maximum Gasteiger partial charge on any atom is 0.233 e. The van der Waals surface area contributed by atoms with Gasteiger partial charge < -0.3 is 14.8 Å². The summed E-state index contributed by atoms with van der Waals surface area (Å²) in [5, 5.41) is 23.8. The maximum atomic E-state index is 12.8. The Morgan fingerprint density at radius 3 is 2.59 bits per heavy atom. The van der Waals surface area contributed by atoms with Gasteiger partial charge in [0.05, 0.1) is 23.5 Å². The zero-order valence-corrected chi connectivity index (χ0v) is 16.5. The predicted octanol–water partition coefficient (Wildman–Crippen LogP) is 0.766. The van der Waals surface area contributed by atoms with Crippen LogP contribution < -0.4 is 5.11 Å². The van der Waals surface area contributed by atoms with Crippen molar-refractivity contribution in [2.24, 2.45) is 0 Å². The molecule has 2 aromatic carbocycles. The van der Waals surface area contributed by atoms with Crippen molar-refractivity contribution < 1.29 is 14.7 Å². The third-order valence-corrected chi connectivity index (χ3v) is 5.79. The molecule has 4 rings (SSSR count). The number of tetrazole rings is 1. The molecular weight excluding hydrogens is 390 g/mol. The number of aliphatic carboxylic acids is 1. The fraction of sp³-hybridized carbons (Fsp3) is 0.250. The van der Waals surface area contributed by atoms with Crippen LogP contribution in [0.2, 0.25) is 0 Å². The molecule has 1 aliphatic rings. The van der Waals surface area contributed by atoms with Gasteiger partial charge >= 0.3 is 0 Å². The normalized spacial score (nSPS) is 15.8. The van der Waals surface area contributed by atoms with Crippen LogP contribution in [0.1, 0.15) is 16.7 Å². The summed E-state index contributed by atoms with van der Waals surface area (Å²) in [6.45, 7) is 2.24. The molecule has 8 nitrogen and oxygen atoms in total. The van der Waals surface area contributed by atoms with Gasteiger partial charge in [0.25, 0.3) is 0 Å². The molecule has 3 aromatic rings. The second-order valence-corrected chi connectivity index (χ2v) is 7.77. The number of carboxylic acid groups (broad SMARTS) is 1. The molecule has 1 amide bonds. The molecule has 0 spiro atoms. The topological polar surface area (TPSA) is 104 Å². The molecular formula is C20H18N5O3S-. The first-order valence-electron chi connectivity index (χ1n) is 9.08. The summed E-state index contributed by atoms with van der Waals surface area (Å²) in [5.41, 5.74) is 3.79. The van der Waals surface area contributed by atoms with E-state index in [1.165, 1.54) is 16.7 Å². The molecule has 29 heavy (non-hydrogen) atoms. The SMILES string of the molecule is Cc1ccc(-n2nnnc2SCC(=O)N2Cc3ccccc3C[C@H]2C(=O)[O-])cc1. The maximum absolute atomic E-state index is 12.8. The van der Waals surface area contributed by atoms with Gasteiger partial charge in [-0.2, -0.15) is 4.68 Å². The molecule has 0 unspecified atom stereocenters. The number of carbonyl (C=O) groups excluding carboxylic acids is 2. The fourth-order valence-electron chi connectivity index (χ4n) is 3.32. The average molecular weight is 408 g/mol. The number of nitrogens with zero attached hydrogens (tertiary/aromatic N) is 5. The van der Waals surface area contributed by atoms with Crippen LogP contribution in [0.3, 0.4) is 0 Å². The van der Waals surface area contributed by atoms with E-state index in [9.17, 15) is 14.7 Å². The highest BCUT2D eigenvalue weighted by atomic mass is 32.2. The summed E-state index contributed by atoms with van der Waals surface area (Å²) in [6.07, 6.45) is 0.246. The van der Waals surface area contributed by atoms with E-state index >= 15 is 0 Å². The first-order valence-corrected chi connectivity index (χ1v) is 10.1. The quantitative estimate of drug-likeness (QED) is 0.574. The second kappa shape index (κ2) is 8.04. The van der Waals surface area contributed by atoms with Crippen molar-refractivity contribution in [3.05, 3.63) is 65.2 Å². The van der Waals surface area contributed by atoms with Crippen molar-refractivity contribution >= 4 is 23.6 Å². The van der Waals surface area contributed by atoms with E-state index in [-0.39, 0.29) is 24.6 Å². The minimum atomic E-state index is -1.25. The molecule has 0 bridgehead atoms. The van der Waals surface area contributed by atoms with Crippen LogP contribution >= 0.6 is 11.8 Å². The van der Waals surface area contributed by atoms with Gasteiger partial charge in [-0.25, -0.2) is 0 Å². The molecule has 1 atom stereocenters. The molecule has 9 heteroatoms. The van der Waals surface area contributed by atoms with Gasteiger partial charge in [-0.1, -0.05) is 53.7 Å². The van der Waals surface area contributed by atoms with Crippen LogP contribution in [0.15, 0.2) is 53.7 Å². The molecule has 0 N–H and O–H groups in total. The van der Waals surface area contributed by atoms with E-state index in [2.05, 4.69) is 15.5 Å². The summed E-state index contributed by atoms with van der Waals surface area (Å²) >= 11 is 1.17. The Balaban J connectivity index is 1.49. The zero-order valence-electron chi connectivity index (χ0n) is 15.7. The van der Waals surface area contributed by atoms with E-state index in [0.29, 0.717) is 5.16 Å². The van der Waals surface area contributed by atoms with Crippen LogP contribution in [0, 0.1) is 6.92 Å². The molecule has 1 aromatic heterocycles. The van der Waals surface area contributed by atoms with E-state index in [4.69, 9.17) is 0 Å². The Kier molecular flexibility index (Phi) is 5.30. The lowest BCUT2D eigenvalue weighted by Gasteiger charge is -2.37. The number of hydrogen-bond acceptors (Lipinski definition) is 7. The number of amides is 1. The Morgan fingerprint density at radius 2 is 1.86 bits per heavy atom. The molecule has 0 radical (unpaired) electrons. The van der Waals surface area contributed by atoms with Gasteiger partial charge in [0, 0.05) is 6.54 Å². The van der Waals surface area contributed by atoms with Crippen molar-refractivity contribution in [2.45, 2.75) is 31.1 Å². The number of aryl methyl sites for hydroxylation is 1. The number of carboxylic acids is 1. The Morgan fingerprint density at radius 1 is 1.14 bits per heavy atom. The predicted molar refractivity (Wildman–Crippen MR) is 104 cm³/mol. The standard InChI is InChI=1S/C20H19N5O3S/c1-13-6-8-16(9-7-13)25-20(21-22-23-25)29-12-18(26)24-11-15-5-3-2-4-14(15)10-17(24)19(27)28/h2-9,17H,10-12H2,1H3,(H,27,28)/p-1/t17-/m0/s1. The third-order valence-electron chi connectivity index (χ3n) is 4.89. The molecule has 1 aliphatic heterocycles. The lowest BCUT2D eigenvalue weighted by molar-refractivity contribution is -0.311. The number of thioether (sulfide) groups is 1. The van der Waals surface area contributed by atoms with Crippen LogP contribution in [0.5, 0.6) is 0 Å². The number of fused-ring (bicyclic) bond motifs is 1. The van der Waals surface area contributed by atoms with Crippen LogP contribution in [-0.4, -0.2) is 48.8 Å². The van der Waals surface area contributed by atoms with Crippen LogP contribution in [0.25, 0.3) is 5.69 Å². The van der Waals surface area contributed by atoms with Crippen molar-refractivity contribution in [2.75, 3.05) is 5.75 Å². The summed E-state index contributed by atoms with van der Waals surface area (Å²) in [5.74, 6) is -1.52. The minimum absolute atomic E-state index is 0.0260. The molecule has 0 fully saturated rings. The van der Waals surface area contributed by atoms with Gasteiger partial charge in [-0.05, 0) is 47.0 Å². The van der Waals surface area contributed by atoms with E-state index < -0.39 is 12.0 Å². The lowest BCUT2D eigenvalue weighted by atomic mass is 9.94. The molecule has 0 saturated carbocycles. The van der Waals surface area contributed by atoms with Crippen molar-refractivity contribution in [1.29, 1.82) is 0 Å². The van der Waals surface area contributed by atoms with Crippen LogP contribution in [0.4, 0.5) is 0 Å². The molecule has 148 valence electrons. The monoisotopic (exact) mass is 408 g/mol. The van der Waals surface area contributed by atoms with Gasteiger partial charge in [0.2, 0.25) is 11.1 Å². The summed E-state index contributed by atoms with van der Waals surface area (Å²) < 4.78 is 1.55. The van der Waals surface area contributed by atoms with Crippen molar-refractivity contribution in [3.8, 4) is 5.69 Å². The second-order valence-electron chi connectivity index (χ2n) is 6.83. The average Bonchev–Trinajstić information content (AvgIpc) is 3.20. The molecule has 2 heterocycles. The van der Waals surface area contributed by atoms with E-state index in [1.807, 2.05) is 55.5 Å². The minimum Gasteiger partial charge on any atom is -0.548 e. The number of carbonyl (C=O) groups is 2.